The molecule has 0 radical (unpaired) electrons. The summed E-state index contributed by atoms with van der Waals surface area (Å²) in [5.41, 5.74) is 1.63. The van der Waals surface area contributed by atoms with Crippen LogP contribution in [0.15, 0.2) is 29.0 Å². The summed E-state index contributed by atoms with van der Waals surface area (Å²) in [6.07, 6.45) is 1.62. The van der Waals surface area contributed by atoms with Gasteiger partial charge in [-0.05, 0) is 37.6 Å². The van der Waals surface area contributed by atoms with Gasteiger partial charge in [0.25, 0.3) is 5.91 Å². The zero-order chi connectivity index (χ0) is 21.6. The van der Waals surface area contributed by atoms with E-state index in [2.05, 4.69) is 0 Å². The van der Waals surface area contributed by atoms with Crippen molar-refractivity contribution >= 4 is 18.0 Å². The standard InChI is InChI=1S/C21H27NO7/c1-7-29-21(24)18-13(2)22(8-9-25-3)20(23)15(18)10-14-11-16(26-4)19(28-6)17(12-14)27-5/h10-12H,7-9H2,1-6H3. The molecule has 0 aliphatic carbocycles. The van der Waals surface area contributed by atoms with E-state index in [-0.39, 0.29) is 23.7 Å². The first kappa shape index (κ1) is 22.3. The minimum atomic E-state index is -0.544. The largest absolute Gasteiger partial charge is 0.493 e. The van der Waals surface area contributed by atoms with Crippen molar-refractivity contribution in [3.05, 3.63) is 34.5 Å². The number of esters is 1. The van der Waals surface area contributed by atoms with Gasteiger partial charge >= 0.3 is 5.97 Å². The molecule has 2 rings (SSSR count). The summed E-state index contributed by atoms with van der Waals surface area (Å²) in [6, 6.07) is 3.41. The van der Waals surface area contributed by atoms with Crippen LogP contribution in [0.1, 0.15) is 19.4 Å². The van der Waals surface area contributed by atoms with E-state index in [0.29, 0.717) is 41.7 Å². The molecule has 158 valence electrons. The van der Waals surface area contributed by atoms with E-state index in [4.69, 9.17) is 23.7 Å². The van der Waals surface area contributed by atoms with E-state index in [9.17, 15) is 9.59 Å². The number of nitrogens with zero attached hydrogens (tertiary/aromatic N) is 1. The van der Waals surface area contributed by atoms with Crippen molar-refractivity contribution in [2.24, 2.45) is 0 Å². The van der Waals surface area contributed by atoms with Gasteiger partial charge in [0, 0.05) is 19.4 Å². The third kappa shape index (κ3) is 4.54. The first-order chi connectivity index (χ1) is 13.9. The molecule has 29 heavy (non-hydrogen) atoms. The van der Waals surface area contributed by atoms with Crippen molar-refractivity contribution in [2.45, 2.75) is 13.8 Å². The Labute approximate surface area is 170 Å². The Hall–Kier alpha value is -3.00. The topological polar surface area (TPSA) is 83.5 Å². The van der Waals surface area contributed by atoms with Gasteiger partial charge in [-0.2, -0.15) is 0 Å². The predicted molar refractivity (Wildman–Crippen MR) is 107 cm³/mol. The Kier molecular flexibility index (Phi) is 7.67. The number of ether oxygens (including phenoxy) is 5. The fourth-order valence-electron chi connectivity index (χ4n) is 3.13. The summed E-state index contributed by atoms with van der Waals surface area (Å²) in [4.78, 5) is 27.1. The predicted octanol–water partition coefficient (Wildman–Crippen LogP) is 2.42. The molecule has 0 bridgehead atoms. The number of hydrogen-bond donors (Lipinski definition) is 0. The van der Waals surface area contributed by atoms with E-state index in [0.717, 1.165) is 0 Å². The highest BCUT2D eigenvalue weighted by molar-refractivity contribution is 6.16. The lowest BCUT2D eigenvalue weighted by Gasteiger charge is -2.17. The fraction of sp³-hybridized carbons (Fsp3) is 0.429. The van der Waals surface area contributed by atoms with Gasteiger partial charge in [0.1, 0.15) is 0 Å². The number of methoxy groups -OCH3 is 4. The van der Waals surface area contributed by atoms with Crippen molar-refractivity contribution in [2.75, 3.05) is 48.2 Å². The molecule has 1 heterocycles. The number of carbonyl (C=O) groups excluding carboxylic acids is 2. The lowest BCUT2D eigenvalue weighted by molar-refractivity contribution is -0.138. The van der Waals surface area contributed by atoms with Gasteiger partial charge in [0.15, 0.2) is 11.5 Å². The second-order valence-electron chi connectivity index (χ2n) is 6.15. The van der Waals surface area contributed by atoms with E-state index in [1.165, 1.54) is 26.2 Å². The third-order valence-corrected chi connectivity index (χ3v) is 4.51. The normalized spacial score (nSPS) is 15.2. The summed E-state index contributed by atoms with van der Waals surface area (Å²) in [6.45, 7) is 4.32. The highest BCUT2D eigenvalue weighted by Crippen LogP contribution is 2.40. The SMILES string of the molecule is CCOC(=O)C1=C(C)N(CCOC)C(=O)C1=Cc1cc(OC)c(OC)c(OC)c1. The molecule has 1 aliphatic rings. The lowest BCUT2D eigenvalue weighted by atomic mass is 10.0. The van der Waals surface area contributed by atoms with Crippen LogP contribution in [0, 0.1) is 0 Å². The van der Waals surface area contributed by atoms with Crippen LogP contribution >= 0.6 is 0 Å². The van der Waals surface area contributed by atoms with Crippen LogP contribution in [0.4, 0.5) is 0 Å². The monoisotopic (exact) mass is 405 g/mol. The average molecular weight is 405 g/mol. The molecule has 1 aromatic rings. The Morgan fingerprint density at radius 3 is 2.17 bits per heavy atom. The molecule has 8 nitrogen and oxygen atoms in total. The van der Waals surface area contributed by atoms with Gasteiger partial charge < -0.3 is 28.6 Å². The Morgan fingerprint density at radius 1 is 1.07 bits per heavy atom. The average Bonchev–Trinajstić information content (AvgIpc) is 2.95. The van der Waals surface area contributed by atoms with Crippen LogP contribution in [0.2, 0.25) is 0 Å². The highest BCUT2D eigenvalue weighted by Gasteiger charge is 2.37. The maximum absolute atomic E-state index is 13.0. The summed E-state index contributed by atoms with van der Waals surface area (Å²) < 4.78 is 26.3. The molecular formula is C21H27NO7. The molecule has 1 aromatic carbocycles. The van der Waals surface area contributed by atoms with Crippen molar-refractivity contribution < 1.29 is 33.3 Å². The zero-order valence-electron chi connectivity index (χ0n) is 17.7. The highest BCUT2D eigenvalue weighted by atomic mass is 16.5. The number of carbonyl (C=O) groups is 2. The summed E-state index contributed by atoms with van der Waals surface area (Å²) in [5, 5.41) is 0. The van der Waals surface area contributed by atoms with Gasteiger partial charge in [-0.1, -0.05) is 0 Å². The molecule has 0 fully saturated rings. The Bertz CT molecular complexity index is 816. The van der Waals surface area contributed by atoms with E-state index >= 15 is 0 Å². The van der Waals surface area contributed by atoms with Crippen LogP contribution < -0.4 is 14.2 Å². The van der Waals surface area contributed by atoms with Crippen LogP contribution in [-0.2, 0) is 19.1 Å². The maximum Gasteiger partial charge on any atom is 0.340 e. The fourth-order valence-corrected chi connectivity index (χ4v) is 3.13. The molecule has 0 saturated carbocycles. The molecular weight excluding hydrogens is 378 g/mol. The Morgan fingerprint density at radius 2 is 1.69 bits per heavy atom. The molecule has 0 spiro atoms. The van der Waals surface area contributed by atoms with Gasteiger partial charge in [-0.3, -0.25) is 4.79 Å². The number of hydrogen-bond acceptors (Lipinski definition) is 7. The van der Waals surface area contributed by atoms with Crippen LogP contribution in [-0.4, -0.2) is 65.0 Å². The third-order valence-electron chi connectivity index (χ3n) is 4.51. The van der Waals surface area contributed by atoms with Gasteiger partial charge in [0.2, 0.25) is 5.75 Å². The molecule has 0 atom stereocenters. The first-order valence-electron chi connectivity index (χ1n) is 9.14. The zero-order valence-corrected chi connectivity index (χ0v) is 17.7. The van der Waals surface area contributed by atoms with Gasteiger partial charge in [-0.25, -0.2) is 4.79 Å². The van der Waals surface area contributed by atoms with Gasteiger partial charge in [0.05, 0.1) is 45.7 Å². The van der Waals surface area contributed by atoms with E-state index < -0.39 is 5.97 Å². The summed E-state index contributed by atoms with van der Waals surface area (Å²) >= 11 is 0. The van der Waals surface area contributed by atoms with Crippen molar-refractivity contribution in [3.8, 4) is 17.2 Å². The molecule has 0 saturated heterocycles. The van der Waals surface area contributed by atoms with Crippen molar-refractivity contribution in [3.63, 3.8) is 0 Å². The second-order valence-corrected chi connectivity index (χ2v) is 6.15. The molecule has 0 unspecified atom stereocenters. The van der Waals surface area contributed by atoms with Crippen molar-refractivity contribution in [1.82, 2.24) is 4.90 Å². The minimum Gasteiger partial charge on any atom is -0.493 e. The summed E-state index contributed by atoms with van der Waals surface area (Å²) in [7, 11) is 6.08. The molecule has 1 amide bonds. The first-order valence-corrected chi connectivity index (χ1v) is 9.14. The second kappa shape index (κ2) is 9.97. The molecule has 8 heteroatoms. The van der Waals surface area contributed by atoms with E-state index in [1.54, 1.807) is 39.2 Å². The summed E-state index contributed by atoms with van der Waals surface area (Å²) in [5.74, 6) is 0.486. The Balaban J connectivity index is 2.59. The van der Waals surface area contributed by atoms with Gasteiger partial charge in [-0.15, -0.1) is 0 Å². The molecule has 0 aromatic heterocycles. The molecule has 1 aliphatic heterocycles. The van der Waals surface area contributed by atoms with Crippen LogP contribution in [0.5, 0.6) is 17.2 Å². The lowest BCUT2D eigenvalue weighted by Crippen LogP contribution is -2.28. The maximum atomic E-state index is 13.0. The number of benzene rings is 1. The number of rotatable bonds is 9. The number of allylic oxidation sites excluding steroid dienone is 1. The van der Waals surface area contributed by atoms with Crippen LogP contribution in [0.25, 0.3) is 6.08 Å². The molecule has 0 N–H and O–H groups in total. The quantitative estimate of drug-likeness (QED) is 0.461. The smallest absolute Gasteiger partial charge is 0.340 e. The van der Waals surface area contributed by atoms with Crippen LogP contribution in [0.3, 0.4) is 0 Å². The van der Waals surface area contributed by atoms with E-state index in [1.807, 2.05) is 0 Å². The number of amides is 1. The minimum absolute atomic E-state index is 0.208. The van der Waals surface area contributed by atoms with Crippen molar-refractivity contribution in [1.29, 1.82) is 0 Å².